The Hall–Kier alpha value is -2.08. The van der Waals surface area contributed by atoms with Gasteiger partial charge in [-0.3, -0.25) is 9.59 Å². The van der Waals surface area contributed by atoms with Gasteiger partial charge in [-0.15, -0.1) is 0 Å². The highest BCUT2D eigenvalue weighted by atomic mass is 16.5. The van der Waals surface area contributed by atoms with Crippen LogP contribution in [0.25, 0.3) is 0 Å². The van der Waals surface area contributed by atoms with Gasteiger partial charge in [0.15, 0.2) is 0 Å². The summed E-state index contributed by atoms with van der Waals surface area (Å²) in [6, 6.07) is 7.47. The molecular weight excluding hydrogens is 342 g/mol. The minimum atomic E-state index is 0.0187. The van der Waals surface area contributed by atoms with E-state index in [4.69, 9.17) is 4.74 Å². The molecule has 0 aliphatic carbocycles. The van der Waals surface area contributed by atoms with E-state index in [1.54, 1.807) is 31.4 Å². The Kier molecular flexibility index (Phi) is 6.72. The minimum Gasteiger partial charge on any atom is -0.497 e. The fraction of sp³-hybridized carbons (Fsp3) is 0.619. The van der Waals surface area contributed by atoms with E-state index in [-0.39, 0.29) is 23.8 Å². The molecule has 1 unspecified atom stereocenters. The number of nitrogens with zero attached hydrogens (tertiary/aromatic N) is 2. The average molecular weight is 373 g/mol. The lowest BCUT2D eigenvalue weighted by Gasteiger charge is -2.32. The van der Waals surface area contributed by atoms with Gasteiger partial charge in [0.25, 0.3) is 5.91 Å². The number of benzene rings is 1. The van der Waals surface area contributed by atoms with Crippen LogP contribution in [0.15, 0.2) is 24.3 Å². The van der Waals surface area contributed by atoms with Crippen molar-refractivity contribution < 1.29 is 14.3 Å². The first kappa shape index (κ1) is 19.7. The normalized spacial score (nSPS) is 21.3. The van der Waals surface area contributed by atoms with Crippen LogP contribution in [-0.4, -0.2) is 67.5 Å². The van der Waals surface area contributed by atoms with E-state index in [2.05, 4.69) is 17.1 Å². The van der Waals surface area contributed by atoms with Crippen molar-refractivity contribution in [1.82, 2.24) is 15.1 Å². The Balaban J connectivity index is 1.45. The van der Waals surface area contributed by atoms with Gasteiger partial charge in [-0.05, 0) is 56.5 Å². The zero-order valence-electron chi connectivity index (χ0n) is 16.4. The topological polar surface area (TPSA) is 61.9 Å². The number of hydrogen-bond donors (Lipinski definition) is 1. The van der Waals surface area contributed by atoms with E-state index in [1.807, 2.05) is 4.90 Å². The van der Waals surface area contributed by atoms with Crippen LogP contribution in [0.5, 0.6) is 5.75 Å². The molecule has 0 bridgehead atoms. The third kappa shape index (κ3) is 5.01. The maximum Gasteiger partial charge on any atom is 0.253 e. The first-order valence-corrected chi connectivity index (χ1v) is 10.1. The third-order valence-electron chi connectivity index (χ3n) is 5.65. The minimum absolute atomic E-state index is 0.0187. The van der Waals surface area contributed by atoms with Crippen molar-refractivity contribution in [2.24, 2.45) is 5.92 Å². The molecule has 2 aliphatic rings. The van der Waals surface area contributed by atoms with Crippen molar-refractivity contribution in [2.45, 2.75) is 38.6 Å². The van der Waals surface area contributed by atoms with Gasteiger partial charge in [0.05, 0.1) is 7.11 Å². The van der Waals surface area contributed by atoms with E-state index in [0.29, 0.717) is 18.7 Å². The molecular formula is C21H31N3O3. The summed E-state index contributed by atoms with van der Waals surface area (Å²) in [6.45, 7) is 6.61. The molecule has 2 saturated heterocycles. The summed E-state index contributed by atoms with van der Waals surface area (Å²) in [5, 5.41) is 3.23. The number of ether oxygens (including phenoxy) is 1. The first-order chi connectivity index (χ1) is 13.1. The summed E-state index contributed by atoms with van der Waals surface area (Å²) in [7, 11) is 1.61. The Morgan fingerprint density at radius 3 is 2.44 bits per heavy atom. The lowest BCUT2D eigenvalue weighted by Crippen LogP contribution is -2.46. The number of amides is 2. The largest absolute Gasteiger partial charge is 0.497 e. The summed E-state index contributed by atoms with van der Waals surface area (Å²) in [5.41, 5.74) is 0.667. The number of carbonyl (C=O) groups excluding carboxylic acids is 2. The van der Waals surface area contributed by atoms with Crippen LogP contribution in [0.3, 0.4) is 0 Å². The molecule has 2 fully saturated rings. The molecule has 0 aromatic heterocycles. The van der Waals surface area contributed by atoms with E-state index in [1.165, 1.54) is 0 Å². The highest BCUT2D eigenvalue weighted by molar-refractivity contribution is 5.94. The molecule has 2 heterocycles. The molecule has 2 amide bonds. The lowest BCUT2D eigenvalue weighted by molar-refractivity contribution is -0.126. The molecule has 6 heteroatoms. The summed E-state index contributed by atoms with van der Waals surface area (Å²) in [4.78, 5) is 29.5. The number of methoxy groups -OCH3 is 1. The maximum absolute atomic E-state index is 12.6. The molecule has 0 spiro atoms. The second-order valence-corrected chi connectivity index (χ2v) is 7.59. The van der Waals surface area contributed by atoms with Gasteiger partial charge in [0.2, 0.25) is 5.91 Å². The average Bonchev–Trinajstić information content (AvgIpc) is 3.15. The van der Waals surface area contributed by atoms with Crippen LogP contribution in [0.4, 0.5) is 0 Å². The van der Waals surface area contributed by atoms with Gasteiger partial charge in [-0.2, -0.15) is 0 Å². The van der Waals surface area contributed by atoms with Crippen molar-refractivity contribution in [2.75, 3.05) is 39.8 Å². The van der Waals surface area contributed by atoms with E-state index in [9.17, 15) is 9.59 Å². The Morgan fingerprint density at radius 2 is 1.81 bits per heavy atom. The molecule has 1 aromatic rings. The van der Waals surface area contributed by atoms with E-state index < -0.39 is 0 Å². The van der Waals surface area contributed by atoms with E-state index >= 15 is 0 Å². The predicted octanol–water partition coefficient (Wildman–Crippen LogP) is 2.15. The molecule has 0 saturated carbocycles. The Labute approximate surface area is 161 Å². The van der Waals surface area contributed by atoms with Crippen molar-refractivity contribution in [3.8, 4) is 5.75 Å². The second kappa shape index (κ2) is 9.22. The summed E-state index contributed by atoms with van der Waals surface area (Å²) in [5.74, 6) is 0.953. The van der Waals surface area contributed by atoms with Crippen molar-refractivity contribution >= 4 is 11.8 Å². The van der Waals surface area contributed by atoms with Crippen molar-refractivity contribution in [1.29, 1.82) is 0 Å². The number of rotatable bonds is 6. The number of carbonyl (C=O) groups is 2. The van der Waals surface area contributed by atoms with Crippen molar-refractivity contribution in [3.05, 3.63) is 29.8 Å². The van der Waals surface area contributed by atoms with Crippen LogP contribution < -0.4 is 10.1 Å². The van der Waals surface area contributed by atoms with Gasteiger partial charge >= 0.3 is 0 Å². The molecule has 1 atom stereocenters. The quantitative estimate of drug-likeness (QED) is 0.830. The zero-order valence-corrected chi connectivity index (χ0v) is 16.4. The maximum atomic E-state index is 12.6. The van der Waals surface area contributed by atoms with Gasteiger partial charge in [0, 0.05) is 43.7 Å². The van der Waals surface area contributed by atoms with Gasteiger partial charge in [-0.1, -0.05) is 6.92 Å². The zero-order chi connectivity index (χ0) is 19.2. The van der Waals surface area contributed by atoms with Gasteiger partial charge in [-0.25, -0.2) is 0 Å². The Bertz CT molecular complexity index is 639. The summed E-state index contributed by atoms with van der Waals surface area (Å²) in [6.07, 6.45) is 3.67. The summed E-state index contributed by atoms with van der Waals surface area (Å²) >= 11 is 0. The van der Waals surface area contributed by atoms with Crippen LogP contribution >= 0.6 is 0 Å². The SMILES string of the molecule is CCCN1CCC(NC(=O)C2CCN(C(=O)c3ccc(OC)cc3)CC2)C1. The van der Waals surface area contributed by atoms with Crippen LogP contribution in [0.1, 0.15) is 43.0 Å². The molecule has 2 aliphatic heterocycles. The molecule has 1 aromatic carbocycles. The van der Waals surface area contributed by atoms with Crippen LogP contribution in [0, 0.1) is 5.92 Å². The number of hydrogen-bond acceptors (Lipinski definition) is 4. The smallest absolute Gasteiger partial charge is 0.253 e. The second-order valence-electron chi connectivity index (χ2n) is 7.59. The Morgan fingerprint density at radius 1 is 1.11 bits per heavy atom. The molecule has 0 radical (unpaired) electrons. The monoisotopic (exact) mass is 373 g/mol. The van der Waals surface area contributed by atoms with Crippen molar-refractivity contribution in [3.63, 3.8) is 0 Å². The fourth-order valence-corrected chi connectivity index (χ4v) is 4.05. The van der Waals surface area contributed by atoms with Crippen LogP contribution in [-0.2, 0) is 4.79 Å². The number of piperidine rings is 1. The third-order valence-corrected chi connectivity index (χ3v) is 5.65. The lowest BCUT2D eigenvalue weighted by atomic mass is 9.95. The van der Waals surface area contributed by atoms with Crippen LogP contribution in [0.2, 0.25) is 0 Å². The standard InChI is InChI=1S/C21H31N3O3/c1-3-11-23-12-10-18(15-23)22-20(25)16-8-13-24(14-9-16)21(26)17-4-6-19(27-2)7-5-17/h4-7,16,18H,3,8-15H2,1-2H3,(H,22,25). The highest BCUT2D eigenvalue weighted by Crippen LogP contribution is 2.21. The molecule has 148 valence electrons. The van der Waals surface area contributed by atoms with Gasteiger partial charge in [0.1, 0.15) is 5.75 Å². The van der Waals surface area contributed by atoms with E-state index in [0.717, 1.165) is 51.1 Å². The molecule has 1 N–H and O–H groups in total. The first-order valence-electron chi connectivity index (χ1n) is 10.1. The molecule has 27 heavy (non-hydrogen) atoms. The number of likely N-dealkylation sites (tertiary alicyclic amines) is 2. The van der Waals surface area contributed by atoms with Gasteiger partial charge < -0.3 is 19.9 Å². The number of nitrogens with one attached hydrogen (secondary N) is 1. The summed E-state index contributed by atoms with van der Waals surface area (Å²) < 4.78 is 5.14. The molecule has 3 rings (SSSR count). The fourth-order valence-electron chi connectivity index (χ4n) is 4.05. The molecule has 6 nitrogen and oxygen atoms in total. The predicted molar refractivity (Wildman–Crippen MR) is 105 cm³/mol. The highest BCUT2D eigenvalue weighted by Gasteiger charge is 2.30.